The minimum absolute atomic E-state index is 0.193. The van der Waals surface area contributed by atoms with Crippen LogP contribution in [0.3, 0.4) is 0 Å². The molecule has 1 saturated carbocycles. The summed E-state index contributed by atoms with van der Waals surface area (Å²) < 4.78 is 13.9. The van der Waals surface area contributed by atoms with Gasteiger partial charge in [0.05, 0.1) is 4.47 Å². The van der Waals surface area contributed by atoms with Crippen molar-refractivity contribution in [2.45, 2.75) is 52.5 Å². The van der Waals surface area contributed by atoms with Crippen molar-refractivity contribution in [3.05, 3.63) is 28.0 Å². The van der Waals surface area contributed by atoms with E-state index in [9.17, 15) is 4.39 Å². The van der Waals surface area contributed by atoms with Crippen LogP contribution in [0.15, 0.2) is 16.6 Å². The summed E-state index contributed by atoms with van der Waals surface area (Å²) >= 11 is 3.25. The highest BCUT2D eigenvalue weighted by Gasteiger charge is 2.28. The number of nitrogens with one attached hydrogen (secondary N) is 1. The van der Waals surface area contributed by atoms with Gasteiger partial charge in [0.2, 0.25) is 0 Å². The first-order valence-corrected chi connectivity index (χ1v) is 7.39. The third kappa shape index (κ3) is 3.25. The van der Waals surface area contributed by atoms with Crippen molar-refractivity contribution in [1.82, 2.24) is 0 Å². The summed E-state index contributed by atoms with van der Waals surface area (Å²) in [4.78, 5) is 0. The van der Waals surface area contributed by atoms with Crippen LogP contribution < -0.4 is 5.32 Å². The monoisotopic (exact) mass is 313 g/mol. The predicted molar refractivity (Wildman–Crippen MR) is 78.5 cm³/mol. The number of hydrogen-bond donors (Lipinski definition) is 1. The zero-order valence-corrected chi connectivity index (χ0v) is 12.9. The van der Waals surface area contributed by atoms with Gasteiger partial charge in [-0.15, -0.1) is 0 Å². The molecule has 1 unspecified atom stereocenters. The van der Waals surface area contributed by atoms with Gasteiger partial charge in [-0.3, -0.25) is 0 Å². The van der Waals surface area contributed by atoms with E-state index in [2.05, 4.69) is 35.1 Å². The summed E-state index contributed by atoms with van der Waals surface area (Å²) in [5.41, 5.74) is 2.44. The van der Waals surface area contributed by atoms with Gasteiger partial charge >= 0.3 is 0 Å². The second-order valence-corrected chi connectivity index (χ2v) is 7.04. The highest BCUT2D eigenvalue weighted by Crippen LogP contribution is 2.37. The van der Waals surface area contributed by atoms with Crippen LogP contribution in [0.5, 0.6) is 0 Å². The maximum atomic E-state index is 13.4. The summed E-state index contributed by atoms with van der Waals surface area (Å²) in [6.07, 6.45) is 4.96. The molecular formula is C15H21BrFN. The van der Waals surface area contributed by atoms with Crippen molar-refractivity contribution in [2.24, 2.45) is 5.41 Å². The van der Waals surface area contributed by atoms with Crippen molar-refractivity contribution in [3.63, 3.8) is 0 Å². The van der Waals surface area contributed by atoms with Gasteiger partial charge in [0.15, 0.2) is 0 Å². The van der Waals surface area contributed by atoms with Gasteiger partial charge in [0.1, 0.15) is 5.82 Å². The molecule has 1 N–H and O–H groups in total. The van der Waals surface area contributed by atoms with Crippen molar-refractivity contribution in [1.29, 1.82) is 0 Å². The quantitative estimate of drug-likeness (QED) is 0.783. The number of rotatable bonds is 2. The maximum Gasteiger partial charge on any atom is 0.137 e. The minimum atomic E-state index is -0.193. The van der Waals surface area contributed by atoms with E-state index in [0.29, 0.717) is 15.9 Å². The molecular weight excluding hydrogens is 293 g/mol. The molecule has 3 heteroatoms. The third-order valence-electron chi connectivity index (χ3n) is 3.83. The largest absolute Gasteiger partial charge is 0.382 e. The molecule has 1 fully saturated rings. The number of anilines is 1. The van der Waals surface area contributed by atoms with Crippen molar-refractivity contribution < 1.29 is 4.39 Å². The number of benzene rings is 1. The fraction of sp³-hybridized carbons (Fsp3) is 0.600. The van der Waals surface area contributed by atoms with Crippen molar-refractivity contribution in [3.8, 4) is 0 Å². The van der Waals surface area contributed by atoms with E-state index >= 15 is 0 Å². The molecule has 0 aliphatic heterocycles. The van der Waals surface area contributed by atoms with Gasteiger partial charge in [-0.25, -0.2) is 4.39 Å². The lowest BCUT2D eigenvalue weighted by Gasteiger charge is -2.36. The van der Waals surface area contributed by atoms with Crippen LogP contribution in [0.4, 0.5) is 10.1 Å². The summed E-state index contributed by atoms with van der Waals surface area (Å²) in [7, 11) is 0. The first-order valence-electron chi connectivity index (χ1n) is 6.59. The van der Waals surface area contributed by atoms with Crippen LogP contribution in [0.25, 0.3) is 0 Å². The van der Waals surface area contributed by atoms with Crippen LogP contribution in [0.1, 0.15) is 45.1 Å². The molecule has 18 heavy (non-hydrogen) atoms. The standard InChI is InChI=1S/C15H21BrFN/c1-10-7-13(17)12(16)8-14(10)18-11-5-4-6-15(2,3)9-11/h7-8,11,18H,4-6,9H2,1-3H3. The van der Waals surface area contributed by atoms with Crippen LogP contribution >= 0.6 is 15.9 Å². The van der Waals surface area contributed by atoms with Gasteiger partial charge in [-0.2, -0.15) is 0 Å². The van der Waals surface area contributed by atoms with E-state index in [1.807, 2.05) is 13.0 Å². The Morgan fingerprint density at radius 1 is 1.39 bits per heavy atom. The average molecular weight is 314 g/mol. The topological polar surface area (TPSA) is 12.0 Å². The highest BCUT2D eigenvalue weighted by molar-refractivity contribution is 9.10. The first kappa shape index (κ1) is 13.9. The third-order valence-corrected chi connectivity index (χ3v) is 4.44. The fourth-order valence-corrected chi connectivity index (χ4v) is 3.19. The molecule has 1 aromatic carbocycles. The lowest BCUT2D eigenvalue weighted by Crippen LogP contribution is -2.31. The fourth-order valence-electron chi connectivity index (χ4n) is 2.84. The Bertz CT molecular complexity index is 442. The number of aryl methyl sites for hydroxylation is 1. The normalized spacial score (nSPS) is 22.8. The Balaban J connectivity index is 2.12. The van der Waals surface area contributed by atoms with Crippen LogP contribution in [0, 0.1) is 18.2 Å². The van der Waals surface area contributed by atoms with E-state index in [1.165, 1.54) is 25.7 Å². The van der Waals surface area contributed by atoms with Crippen LogP contribution in [0.2, 0.25) is 0 Å². The Morgan fingerprint density at radius 3 is 2.78 bits per heavy atom. The molecule has 0 spiro atoms. The molecule has 0 aromatic heterocycles. The van der Waals surface area contributed by atoms with Crippen molar-refractivity contribution >= 4 is 21.6 Å². The Morgan fingerprint density at radius 2 is 2.11 bits per heavy atom. The van der Waals surface area contributed by atoms with E-state index < -0.39 is 0 Å². The van der Waals surface area contributed by atoms with Gasteiger partial charge in [0, 0.05) is 11.7 Å². The Kier molecular flexibility index (Phi) is 4.00. The molecule has 2 rings (SSSR count). The Labute approximate surface area is 117 Å². The lowest BCUT2D eigenvalue weighted by atomic mass is 9.75. The van der Waals surface area contributed by atoms with Gasteiger partial charge < -0.3 is 5.32 Å². The smallest absolute Gasteiger partial charge is 0.137 e. The molecule has 1 aliphatic carbocycles. The van der Waals surface area contributed by atoms with Crippen LogP contribution in [-0.4, -0.2) is 6.04 Å². The van der Waals surface area contributed by atoms with Gasteiger partial charge in [-0.1, -0.05) is 20.3 Å². The number of hydrogen-bond acceptors (Lipinski definition) is 1. The summed E-state index contributed by atoms with van der Waals surface area (Å²) in [5, 5.41) is 3.58. The van der Waals surface area contributed by atoms with Crippen molar-refractivity contribution in [2.75, 3.05) is 5.32 Å². The molecule has 1 aliphatic rings. The second-order valence-electron chi connectivity index (χ2n) is 6.18. The second kappa shape index (κ2) is 5.20. The molecule has 0 bridgehead atoms. The molecule has 1 atom stereocenters. The predicted octanol–water partition coefficient (Wildman–Crippen LogP) is 5.28. The summed E-state index contributed by atoms with van der Waals surface area (Å²) in [6, 6.07) is 3.94. The minimum Gasteiger partial charge on any atom is -0.382 e. The van der Waals surface area contributed by atoms with E-state index in [4.69, 9.17) is 0 Å². The zero-order chi connectivity index (χ0) is 13.3. The molecule has 0 amide bonds. The molecule has 1 nitrogen and oxygen atoms in total. The van der Waals surface area contributed by atoms with E-state index in [1.54, 1.807) is 6.07 Å². The molecule has 1 aromatic rings. The maximum absolute atomic E-state index is 13.4. The lowest BCUT2D eigenvalue weighted by molar-refractivity contribution is 0.229. The van der Waals surface area contributed by atoms with Gasteiger partial charge in [0.25, 0.3) is 0 Å². The average Bonchev–Trinajstić information content (AvgIpc) is 2.24. The Hall–Kier alpha value is -0.570. The van der Waals surface area contributed by atoms with E-state index in [0.717, 1.165) is 11.3 Å². The van der Waals surface area contributed by atoms with Gasteiger partial charge in [-0.05, 0) is 65.2 Å². The molecule has 100 valence electrons. The summed E-state index contributed by atoms with van der Waals surface area (Å²) in [6.45, 7) is 6.61. The molecule has 0 radical (unpaired) electrons. The SMILES string of the molecule is Cc1cc(F)c(Br)cc1NC1CCCC(C)(C)C1. The molecule has 0 saturated heterocycles. The number of halogens is 2. The zero-order valence-electron chi connectivity index (χ0n) is 11.3. The highest BCUT2D eigenvalue weighted by atomic mass is 79.9. The summed E-state index contributed by atoms with van der Waals surface area (Å²) in [5.74, 6) is -0.193. The van der Waals surface area contributed by atoms with Crippen LogP contribution in [-0.2, 0) is 0 Å². The van der Waals surface area contributed by atoms with E-state index in [-0.39, 0.29) is 5.82 Å². The first-order chi connectivity index (χ1) is 8.37. The molecule has 0 heterocycles.